The molecule has 76 valence electrons. The highest BCUT2D eigenvalue weighted by atomic mass is 35.5. The van der Waals surface area contributed by atoms with Gasteiger partial charge >= 0.3 is 0 Å². The van der Waals surface area contributed by atoms with E-state index >= 15 is 0 Å². The Hall–Kier alpha value is -0.400. The molecule has 1 N–H and O–H groups in total. The van der Waals surface area contributed by atoms with Crippen molar-refractivity contribution in [1.82, 2.24) is 0 Å². The van der Waals surface area contributed by atoms with Gasteiger partial charge < -0.3 is 5.32 Å². The largest absolute Gasteiger partial charge is 0.381 e. The van der Waals surface area contributed by atoms with Crippen molar-refractivity contribution in [1.29, 1.82) is 0 Å². The van der Waals surface area contributed by atoms with E-state index in [4.69, 9.17) is 23.2 Å². The molecular formula is C11H13Cl2N. The van der Waals surface area contributed by atoms with Crippen LogP contribution in [0.5, 0.6) is 0 Å². The lowest BCUT2D eigenvalue weighted by Gasteiger charge is -2.15. The number of hydrogen-bond donors (Lipinski definition) is 1. The Morgan fingerprint density at radius 3 is 2.57 bits per heavy atom. The van der Waals surface area contributed by atoms with Gasteiger partial charge in [-0.15, -0.1) is 0 Å². The van der Waals surface area contributed by atoms with E-state index in [1.165, 1.54) is 25.7 Å². The molecule has 0 amide bonds. The third kappa shape index (κ3) is 2.15. The lowest BCUT2D eigenvalue weighted by Crippen LogP contribution is -2.14. The Bertz CT molecular complexity index is 319. The van der Waals surface area contributed by atoms with Crippen molar-refractivity contribution in [3.05, 3.63) is 28.2 Å². The molecule has 1 aromatic rings. The van der Waals surface area contributed by atoms with Crippen LogP contribution in [0.25, 0.3) is 0 Å². The SMILES string of the molecule is Clc1cccc(NC2CCCC2)c1Cl. The zero-order valence-electron chi connectivity index (χ0n) is 7.89. The topological polar surface area (TPSA) is 12.0 Å². The minimum atomic E-state index is 0.575. The molecule has 14 heavy (non-hydrogen) atoms. The van der Waals surface area contributed by atoms with Gasteiger partial charge in [0.05, 0.1) is 15.7 Å². The van der Waals surface area contributed by atoms with Gasteiger partial charge in [-0.3, -0.25) is 0 Å². The summed E-state index contributed by atoms with van der Waals surface area (Å²) in [6.07, 6.45) is 5.11. The van der Waals surface area contributed by atoms with E-state index in [1.54, 1.807) is 0 Å². The molecule has 0 unspecified atom stereocenters. The highest BCUT2D eigenvalue weighted by Crippen LogP contribution is 2.32. The quantitative estimate of drug-likeness (QED) is 0.796. The Morgan fingerprint density at radius 1 is 1.14 bits per heavy atom. The number of hydrogen-bond acceptors (Lipinski definition) is 1. The fraction of sp³-hybridized carbons (Fsp3) is 0.455. The molecule has 0 saturated heterocycles. The third-order valence-electron chi connectivity index (χ3n) is 2.67. The molecule has 0 atom stereocenters. The molecule has 1 saturated carbocycles. The van der Waals surface area contributed by atoms with Crippen LogP contribution in [0.15, 0.2) is 18.2 Å². The van der Waals surface area contributed by atoms with Crippen molar-refractivity contribution in [3.63, 3.8) is 0 Å². The van der Waals surface area contributed by atoms with Gasteiger partial charge in [-0.25, -0.2) is 0 Å². The van der Waals surface area contributed by atoms with Gasteiger partial charge in [-0.05, 0) is 25.0 Å². The Balaban J connectivity index is 2.11. The fourth-order valence-corrected chi connectivity index (χ4v) is 2.26. The molecule has 1 fully saturated rings. The highest BCUT2D eigenvalue weighted by Gasteiger charge is 2.15. The molecule has 0 spiro atoms. The minimum absolute atomic E-state index is 0.575. The number of nitrogens with one attached hydrogen (secondary N) is 1. The summed E-state index contributed by atoms with van der Waals surface area (Å²) in [6.45, 7) is 0. The monoisotopic (exact) mass is 229 g/mol. The standard InChI is InChI=1S/C11H13Cl2N/c12-9-6-3-7-10(11(9)13)14-8-4-1-2-5-8/h3,6-8,14H,1-2,4-5H2. The van der Waals surface area contributed by atoms with E-state index in [0.29, 0.717) is 16.1 Å². The summed E-state index contributed by atoms with van der Waals surface area (Å²) >= 11 is 12.0. The van der Waals surface area contributed by atoms with Gasteiger partial charge in [0.2, 0.25) is 0 Å². The van der Waals surface area contributed by atoms with E-state index in [0.717, 1.165) is 5.69 Å². The molecule has 3 heteroatoms. The Kier molecular flexibility index (Phi) is 3.19. The second-order valence-electron chi connectivity index (χ2n) is 3.73. The van der Waals surface area contributed by atoms with E-state index in [1.807, 2.05) is 18.2 Å². The summed E-state index contributed by atoms with van der Waals surface area (Å²) in [5.74, 6) is 0. The third-order valence-corrected chi connectivity index (χ3v) is 3.49. The van der Waals surface area contributed by atoms with Crippen molar-refractivity contribution in [3.8, 4) is 0 Å². The van der Waals surface area contributed by atoms with Crippen LogP contribution >= 0.6 is 23.2 Å². The van der Waals surface area contributed by atoms with Gasteiger partial charge in [0.25, 0.3) is 0 Å². The maximum absolute atomic E-state index is 6.08. The number of rotatable bonds is 2. The highest BCUT2D eigenvalue weighted by molar-refractivity contribution is 6.43. The van der Waals surface area contributed by atoms with E-state index in [-0.39, 0.29) is 0 Å². The summed E-state index contributed by atoms with van der Waals surface area (Å²) in [5.41, 5.74) is 0.964. The fourth-order valence-electron chi connectivity index (χ4n) is 1.91. The van der Waals surface area contributed by atoms with Crippen LogP contribution in [-0.4, -0.2) is 6.04 Å². The minimum Gasteiger partial charge on any atom is -0.381 e. The molecule has 0 aliphatic heterocycles. The molecule has 0 heterocycles. The van der Waals surface area contributed by atoms with Crippen molar-refractivity contribution in [2.45, 2.75) is 31.7 Å². The van der Waals surface area contributed by atoms with Crippen LogP contribution in [0.2, 0.25) is 10.0 Å². The first-order chi connectivity index (χ1) is 6.77. The van der Waals surface area contributed by atoms with Crippen LogP contribution in [0, 0.1) is 0 Å². The molecule has 1 aromatic carbocycles. The van der Waals surface area contributed by atoms with Crippen molar-refractivity contribution in [2.24, 2.45) is 0 Å². The average Bonchev–Trinajstić information content (AvgIpc) is 2.66. The van der Waals surface area contributed by atoms with Crippen molar-refractivity contribution in [2.75, 3.05) is 5.32 Å². The molecule has 0 bridgehead atoms. The Morgan fingerprint density at radius 2 is 1.86 bits per heavy atom. The van der Waals surface area contributed by atoms with Crippen LogP contribution in [-0.2, 0) is 0 Å². The number of benzene rings is 1. The van der Waals surface area contributed by atoms with Gasteiger partial charge in [0.1, 0.15) is 0 Å². The normalized spacial score (nSPS) is 17.3. The predicted octanol–water partition coefficient (Wildman–Crippen LogP) is 4.35. The van der Waals surface area contributed by atoms with Crippen LogP contribution < -0.4 is 5.32 Å². The summed E-state index contributed by atoms with van der Waals surface area (Å²) in [6, 6.07) is 6.29. The summed E-state index contributed by atoms with van der Waals surface area (Å²) < 4.78 is 0. The van der Waals surface area contributed by atoms with Gasteiger partial charge in [-0.2, -0.15) is 0 Å². The predicted molar refractivity (Wildman–Crippen MR) is 62.3 cm³/mol. The van der Waals surface area contributed by atoms with Crippen LogP contribution in [0.3, 0.4) is 0 Å². The molecule has 1 nitrogen and oxygen atoms in total. The van der Waals surface area contributed by atoms with Crippen molar-refractivity contribution >= 4 is 28.9 Å². The zero-order valence-corrected chi connectivity index (χ0v) is 9.41. The molecule has 2 rings (SSSR count). The number of halogens is 2. The molecule has 0 radical (unpaired) electrons. The molecule has 1 aliphatic carbocycles. The first-order valence-corrected chi connectivity index (χ1v) is 5.73. The molecule has 0 aromatic heterocycles. The summed E-state index contributed by atoms with van der Waals surface area (Å²) in [7, 11) is 0. The second kappa shape index (κ2) is 4.41. The van der Waals surface area contributed by atoms with Crippen molar-refractivity contribution < 1.29 is 0 Å². The van der Waals surface area contributed by atoms with Gasteiger partial charge in [-0.1, -0.05) is 42.1 Å². The lowest BCUT2D eigenvalue weighted by atomic mass is 10.2. The lowest BCUT2D eigenvalue weighted by molar-refractivity contribution is 0.755. The maximum atomic E-state index is 6.08. The van der Waals surface area contributed by atoms with E-state index in [9.17, 15) is 0 Å². The number of anilines is 1. The zero-order chi connectivity index (χ0) is 9.97. The molecular weight excluding hydrogens is 217 g/mol. The summed E-state index contributed by atoms with van der Waals surface area (Å²) in [4.78, 5) is 0. The molecule has 1 aliphatic rings. The second-order valence-corrected chi connectivity index (χ2v) is 4.51. The Labute approximate surface area is 94.4 Å². The van der Waals surface area contributed by atoms with Gasteiger partial charge in [0, 0.05) is 6.04 Å². The van der Waals surface area contributed by atoms with E-state index in [2.05, 4.69) is 5.32 Å². The van der Waals surface area contributed by atoms with Crippen LogP contribution in [0.4, 0.5) is 5.69 Å². The smallest absolute Gasteiger partial charge is 0.0823 e. The maximum Gasteiger partial charge on any atom is 0.0823 e. The first-order valence-electron chi connectivity index (χ1n) is 4.98. The van der Waals surface area contributed by atoms with E-state index < -0.39 is 0 Å². The van der Waals surface area contributed by atoms with Gasteiger partial charge in [0.15, 0.2) is 0 Å². The first kappa shape index (κ1) is 10.1. The average molecular weight is 230 g/mol. The summed E-state index contributed by atoms with van der Waals surface area (Å²) in [5, 5.41) is 4.69. The van der Waals surface area contributed by atoms with Crippen LogP contribution in [0.1, 0.15) is 25.7 Å².